The normalized spacial score (nSPS) is 15.5. The second-order valence-electron chi connectivity index (χ2n) is 4.81. The number of nitro benzene ring substituents is 1. The smallest absolute Gasteiger partial charge is 0.275 e. The molecule has 2 rings (SSSR count). The van der Waals surface area contributed by atoms with Gasteiger partial charge in [0.05, 0.1) is 11.5 Å². The Morgan fingerprint density at radius 3 is 2.74 bits per heavy atom. The van der Waals surface area contributed by atoms with Gasteiger partial charge >= 0.3 is 0 Å². The van der Waals surface area contributed by atoms with Crippen LogP contribution in [0.2, 0.25) is 0 Å². The summed E-state index contributed by atoms with van der Waals surface area (Å²) >= 11 is 3.26. The Labute approximate surface area is 120 Å². The SMILES string of the molecule is O=[N+]([O-])c1cc(Br)ccc1CN(CCO)C1CCC1. The second-order valence-corrected chi connectivity index (χ2v) is 5.72. The van der Waals surface area contributed by atoms with Crippen LogP contribution in [-0.4, -0.2) is 34.1 Å². The molecule has 5 nitrogen and oxygen atoms in total. The van der Waals surface area contributed by atoms with E-state index >= 15 is 0 Å². The third-order valence-electron chi connectivity index (χ3n) is 3.60. The van der Waals surface area contributed by atoms with E-state index in [2.05, 4.69) is 20.8 Å². The van der Waals surface area contributed by atoms with Gasteiger partial charge in [0, 0.05) is 35.2 Å². The second kappa shape index (κ2) is 6.45. The maximum atomic E-state index is 11.1. The third kappa shape index (κ3) is 3.52. The first-order valence-electron chi connectivity index (χ1n) is 6.39. The lowest BCUT2D eigenvalue weighted by molar-refractivity contribution is -0.385. The standard InChI is InChI=1S/C13H17BrN2O3/c14-11-5-4-10(13(8-11)16(18)19)9-15(6-7-17)12-2-1-3-12/h4-5,8,12,17H,1-3,6-7,9H2. The molecule has 1 aliphatic carbocycles. The Balaban J connectivity index is 2.17. The average Bonchev–Trinajstić information content (AvgIpc) is 2.29. The molecular formula is C13H17BrN2O3. The minimum Gasteiger partial charge on any atom is -0.395 e. The molecule has 1 aromatic rings. The van der Waals surface area contributed by atoms with Crippen molar-refractivity contribution in [3.05, 3.63) is 38.3 Å². The molecule has 0 heterocycles. The molecule has 0 atom stereocenters. The lowest BCUT2D eigenvalue weighted by atomic mass is 9.91. The zero-order chi connectivity index (χ0) is 13.8. The molecule has 19 heavy (non-hydrogen) atoms. The summed E-state index contributed by atoms with van der Waals surface area (Å²) in [5.41, 5.74) is 0.838. The van der Waals surface area contributed by atoms with E-state index in [1.807, 2.05) is 6.07 Å². The summed E-state index contributed by atoms with van der Waals surface area (Å²) in [4.78, 5) is 12.9. The minimum absolute atomic E-state index is 0.0842. The van der Waals surface area contributed by atoms with Gasteiger partial charge in [0.25, 0.3) is 5.69 Å². The maximum absolute atomic E-state index is 11.1. The summed E-state index contributed by atoms with van der Waals surface area (Å²) in [6.07, 6.45) is 3.43. The Hall–Kier alpha value is -0.980. The first-order chi connectivity index (χ1) is 9.11. The van der Waals surface area contributed by atoms with Crippen LogP contribution in [0.25, 0.3) is 0 Å². The summed E-state index contributed by atoms with van der Waals surface area (Å²) in [5.74, 6) is 0. The van der Waals surface area contributed by atoms with E-state index in [1.54, 1.807) is 6.07 Å². The Bertz CT molecular complexity index is 463. The molecule has 6 heteroatoms. The molecule has 1 N–H and O–H groups in total. The van der Waals surface area contributed by atoms with E-state index < -0.39 is 0 Å². The van der Waals surface area contributed by atoms with Crippen molar-refractivity contribution in [2.24, 2.45) is 0 Å². The van der Waals surface area contributed by atoms with Crippen molar-refractivity contribution in [1.29, 1.82) is 0 Å². The number of aliphatic hydroxyl groups excluding tert-OH is 1. The molecule has 0 spiro atoms. The highest BCUT2D eigenvalue weighted by Gasteiger charge is 2.26. The van der Waals surface area contributed by atoms with Crippen molar-refractivity contribution in [2.45, 2.75) is 31.8 Å². The molecule has 0 radical (unpaired) electrons. The number of rotatable bonds is 6. The summed E-state index contributed by atoms with van der Waals surface area (Å²) in [6, 6.07) is 5.59. The van der Waals surface area contributed by atoms with Crippen LogP contribution in [0, 0.1) is 10.1 Å². The van der Waals surface area contributed by atoms with Crippen LogP contribution in [0.15, 0.2) is 22.7 Å². The van der Waals surface area contributed by atoms with Crippen molar-refractivity contribution >= 4 is 21.6 Å². The minimum atomic E-state index is -0.349. The van der Waals surface area contributed by atoms with Crippen LogP contribution >= 0.6 is 15.9 Å². The van der Waals surface area contributed by atoms with Crippen molar-refractivity contribution in [3.8, 4) is 0 Å². The maximum Gasteiger partial charge on any atom is 0.275 e. The van der Waals surface area contributed by atoms with Crippen LogP contribution in [0.5, 0.6) is 0 Å². The van der Waals surface area contributed by atoms with Gasteiger partial charge < -0.3 is 5.11 Å². The van der Waals surface area contributed by atoms with Crippen molar-refractivity contribution in [3.63, 3.8) is 0 Å². The molecular weight excluding hydrogens is 312 g/mol. The lowest BCUT2D eigenvalue weighted by Crippen LogP contribution is -2.41. The van der Waals surface area contributed by atoms with E-state index in [4.69, 9.17) is 5.11 Å². The fourth-order valence-corrected chi connectivity index (χ4v) is 2.68. The Morgan fingerprint density at radius 1 is 1.47 bits per heavy atom. The largest absolute Gasteiger partial charge is 0.395 e. The van der Waals surface area contributed by atoms with E-state index in [1.165, 1.54) is 12.5 Å². The highest BCUT2D eigenvalue weighted by Crippen LogP contribution is 2.29. The zero-order valence-corrected chi connectivity index (χ0v) is 12.2. The number of aliphatic hydroxyl groups is 1. The molecule has 104 valence electrons. The molecule has 0 amide bonds. The zero-order valence-electron chi connectivity index (χ0n) is 10.6. The van der Waals surface area contributed by atoms with Gasteiger partial charge in [0.2, 0.25) is 0 Å². The molecule has 1 aromatic carbocycles. The van der Waals surface area contributed by atoms with E-state index in [-0.39, 0.29) is 17.2 Å². The van der Waals surface area contributed by atoms with Gasteiger partial charge in [-0.05, 0) is 25.0 Å². The number of nitrogens with zero attached hydrogens (tertiary/aromatic N) is 2. The van der Waals surface area contributed by atoms with Crippen LogP contribution in [0.3, 0.4) is 0 Å². The van der Waals surface area contributed by atoms with E-state index in [0.29, 0.717) is 29.2 Å². The number of nitro groups is 1. The van der Waals surface area contributed by atoms with Crippen molar-refractivity contribution in [2.75, 3.05) is 13.2 Å². The number of benzene rings is 1. The van der Waals surface area contributed by atoms with Gasteiger partial charge in [0.1, 0.15) is 0 Å². The number of hydrogen-bond acceptors (Lipinski definition) is 4. The predicted octanol–water partition coefficient (Wildman–Crippen LogP) is 2.70. The summed E-state index contributed by atoms with van der Waals surface area (Å²) < 4.78 is 0.709. The highest BCUT2D eigenvalue weighted by molar-refractivity contribution is 9.10. The summed E-state index contributed by atoms with van der Waals surface area (Å²) in [7, 11) is 0. The Morgan fingerprint density at radius 2 is 2.21 bits per heavy atom. The predicted molar refractivity (Wildman–Crippen MR) is 75.9 cm³/mol. The van der Waals surface area contributed by atoms with E-state index in [9.17, 15) is 10.1 Å². The molecule has 0 saturated heterocycles. The molecule has 1 saturated carbocycles. The molecule has 0 aromatic heterocycles. The molecule has 0 aliphatic heterocycles. The van der Waals surface area contributed by atoms with Crippen molar-refractivity contribution in [1.82, 2.24) is 4.90 Å². The fourth-order valence-electron chi connectivity index (χ4n) is 2.33. The first kappa shape index (κ1) is 14.4. The number of halogens is 1. The summed E-state index contributed by atoms with van der Waals surface area (Å²) in [5, 5.41) is 20.2. The highest BCUT2D eigenvalue weighted by atomic mass is 79.9. The van der Waals surface area contributed by atoms with Crippen LogP contribution in [-0.2, 0) is 6.54 Å². The Kier molecular flexibility index (Phi) is 4.90. The van der Waals surface area contributed by atoms with Gasteiger partial charge in [-0.25, -0.2) is 0 Å². The monoisotopic (exact) mass is 328 g/mol. The van der Waals surface area contributed by atoms with E-state index in [0.717, 1.165) is 12.8 Å². The first-order valence-corrected chi connectivity index (χ1v) is 7.19. The van der Waals surface area contributed by atoms with Gasteiger partial charge in [-0.3, -0.25) is 15.0 Å². The molecule has 0 unspecified atom stereocenters. The van der Waals surface area contributed by atoms with Crippen LogP contribution < -0.4 is 0 Å². The number of hydrogen-bond donors (Lipinski definition) is 1. The molecule has 0 bridgehead atoms. The lowest BCUT2D eigenvalue weighted by Gasteiger charge is -2.37. The van der Waals surface area contributed by atoms with Gasteiger partial charge in [-0.15, -0.1) is 0 Å². The topological polar surface area (TPSA) is 66.6 Å². The van der Waals surface area contributed by atoms with Gasteiger partial charge in [0.15, 0.2) is 0 Å². The fraction of sp³-hybridized carbons (Fsp3) is 0.538. The van der Waals surface area contributed by atoms with Crippen LogP contribution in [0.1, 0.15) is 24.8 Å². The van der Waals surface area contributed by atoms with Crippen molar-refractivity contribution < 1.29 is 10.0 Å². The van der Waals surface area contributed by atoms with Gasteiger partial charge in [-0.2, -0.15) is 0 Å². The average molecular weight is 329 g/mol. The van der Waals surface area contributed by atoms with Crippen LogP contribution in [0.4, 0.5) is 5.69 Å². The molecule has 1 aliphatic rings. The quantitative estimate of drug-likeness (QED) is 0.644. The summed E-state index contributed by atoms with van der Waals surface area (Å²) in [6.45, 7) is 1.17. The molecule has 1 fully saturated rings. The third-order valence-corrected chi connectivity index (χ3v) is 4.09. The van der Waals surface area contributed by atoms with Gasteiger partial charge in [-0.1, -0.05) is 22.4 Å².